The summed E-state index contributed by atoms with van der Waals surface area (Å²) < 4.78 is 0. The van der Waals surface area contributed by atoms with Crippen LogP contribution >= 0.6 is 0 Å². The van der Waals surface area contributed by atoms with Crippen molar-refractivity contribution in [2.24, 2.45) is 0 Å². The molecule has 2 heteroatoms. The highest BCUT2D eigenvalue weighted by Gasteiger charge is 2.19. The van der Waals surface area contributed by atoms with Crippen molar-refractivity contribution in [3.8, 4) is 0 Å². The number of nitrogens with zero attached hydrogens (tertiary/aromatic N) is 2. The van der Waals surface area contributed by atoms with Crippen LogP contribution in [0.5, 0.6) is 0 Å². The van der Waals surface area contributed by atoms with Crippen LogP contribution in [-0.2, 0) is 0 Å². The summed E-state index contributed by atoms with van der Waals surface area (Å²) in [5, 5.41) is 0. The lowest BCUT2D eigenvalue weighted by Gasteiger charge is -2.39. The van der Waals surface area contributed by atoms with Crippen molar-refractivity contribution in [3.05, 3.63) is 23.9 Å². The summed E-state index contributed by atoms with van der Waals surface area (Å²) in [7, 11) is 0. The summed E-state index contributed by atoms with van der Waals surface area (Å²) in [6.45, 7) is 9.37. The van der Waals surface area contributed by atoms with Crippen LogP contribution in [0, 0.1) is 0 Å². The van der Waals surface area contributed by atoms with E-state index in [9.17, 15) is 0 Å². The predicted molar refractivity (Wildman–Crippen MR) is 64.7 cm³/mol. The highest BCUT2D eigenvalue weighted by Crippen LogP contribution is 2.17. The molecule has 0 unspecified atom stereocenters. The molecule has 0 radical (unpaired) electrons. The molecule has 1 fully saturated rings. The normalized spacial score (nSPS) is 23.4. The Morgan fingerprint density at radius 2 is 1.80 bits per heavy atom. The van der Waals surface area contributed by atoms with E-state index in [0.717, 1.165) is 0 Å². The minimum absolute atomic E-state index is 0.697. The highest BCUT2D eigenvalue weighted by molar-refractivity contribution is 5.21. The molecular formula is C13H22N2. The molecule has 0 atom stereocenters. The second-order valence-corrected chi connectivity index (χ2v) is 4.73. The number of piperazine rings is 1. The van der Waals surface area contributed by atoms with Crippen molar-refractivity contribution in [3.63, 3.8) is 0 Å². The summed E-state index contributed by atoms with van der Waals surface area (Å²) >= 11 is 0. The van der Waals surface area contributed by atoms with E-state index in [0.29, 0.717) is 6.04 Å². The number of hydrogen-bond donors (Lipinski definition) is 0. The third-order valence-corrected chi connectivity index (χ3v) is 3.39. The van der Waals surface area contributed by atoms with Crippen LogP contribution in [0.3, 0.4) is 0 Å². The Balaban J connectivity index is 1.88. The van der Waals surface area contributed by atoms with Crippen LogP contribution in [0.4, 0.5) is 0 Å². The van der Waals surface area contributed by atoms with Crippen LogP contribution in [0.25, 0.3) is 0 Å². The second kappa shape index (κ2) is 4.84. The van der Waals surface area contributed by atoms with Gasteiger partial charge in [-0.05, 0) is 32.8 Å². The van der Waals surface area contributed by atoms with Gasteiger partial charge in [-0.25, -0.2) is 0 Å². The van der Waals surface area contributed by atoms with Gasteiger partial charge < -0.3 is 4.90 Å². The molecule has 0 amide bonds. The van der Waals surface area contributed by atoms with Crippen LogP contribution in [0.2, 0.25) is 0 Å². The lowest BCUT2D eigenvalue weighted by atomic mass is 10.1. The smallest absolute Gasteiger partial charge is 0.0323 e. The van der Waals surface area contributed by atoms with E-state index in [1.807, 2.05) is 0 Å². The molecule has 15 heavy (non-hydrogen) atoms. The zero-order chi connectivity index (χ0) is 10.7. The average Bonchev–Trinajstić information content (AvgIpc) is 2.30. The molecule has 2 nitrogen and oxygen atoms in total. The Hall–Kier alpha value is -0.760. The maximum atomic E-state index is 2.56. The van der Waals surface area contributed by atoms with Crippen LogP contribution < -0.4 is 0 Å². The third-order valence-electron chi connectivity index (χ3n) is 3.39. The molecule has 2 rings (SSSR count). The molecule has 1 aliphatic heterocycles. The predicted octanol–water partition coefficient (Wildman–Crippen LogP) is 2.25. The Kier molecular flexibility index (Phi) is 3.47. The van der Waals surface area contributed by atoms with Gasteiger partial charge >= 0.3 is 0 Å². The molecule has 0 bridgehead atoms. The molecule has 0 N–H and O–H groups in total. The van der Waals surface area contributed by atoms with E-state index in [2.05, 4.69) is 41.9 Å². The van der Waals surface area contributed by atoms with Gasteiger partial charge in [0.1, 0.15) is 0 Å². The molecule has 0 aromatic rings. The van der Waals surface area contributed by atoms with Crippen molar-refractivity contribution >= 4 is 0 Å². The van der Waals surface area contributed by atoms with E-state index in [1.165, 1.54) is 44.7 Å². The number of hydrogen-bond acceptors (Lipinski definition) is 2. The molecule has 0 spiro atoms. The summed E-state index contributed by atoms with van der Waals surface area (Å²) in [6.07, 6.45) is 9.40. The van der Waals surface area contributed by atoms with Gasteiger partial charge in [-0.3, -0.25) is 4.90 Å². The van der Waals surface area contributed by atoms with E-state index in [-0.39, 0.29) is 0 Å². The molecule has 0 aromatic heterocycles. The van der Waals surface area contributed by atoms with Gasteiger partial charge in [0, 0.05) is 37.9 Å². The minimum atomic E-state index is 0.697. The molecule has 0 aromatic carbocycles. The monoisotopic (exact) mass is 206 g/mol. The lowest BCUT2D eigenvalue weighted by molar-refractivity contribution is 0.132. The summed E-state index contributed by atoms with van der Waals surface area (Å²) in [5.41, 5.74) is 1.45. The van der Waals surface area contributed by atoms with Gasteiger partial charge in [-0.1, -0.05) is 12.2 Å². The Morgan fingerprint density at radius 3 is 2.33 bits per heavy atom. The van der Waals surface area contributed by atoms with Crippen molar-refractivity contribution in [1.82, 2.24) is 9.80 Å². The molecule has 1 saturated heterocycles. The summed E-state index contributed by atoms with van der Waals surface area (Å²) in [6, 6.07) is 0.697. The molecule has 2 aliphatic rings. The van der Waals surface area contributed by atoms with Crippen LogP contribution in [0.1, 0.15) is 26.7 Å². The summed E-state index contributed by atoms with van der Waals surface area (Å²) in [5.74, 6) is 0. The van der Waals surface area contributed by atoms with E-state index in [4.69, 9.17) is 0 Å². The first kappa shape index (κ1) is 10.7. The van der Waals surface area contributed by atoms with E-state index in [1.54, 1.807) is 0 Å². The van der Waals surface area contributed by atoms with Gasteiger partial charge in [-0.15, -0.1) is 0 Å². The Labute approximate surface area is 93.2 Å². The van der Waals surface area contributed by atoms with Crippen molar-refractivity contribution in [2.45, 2.75) is 32.7 Å². The SMILES string of the molecule is CC(C)N1CCN(C2=CCCC=C2)CC1. The lowest BCUT2D eigenvalue weighted by Crippen LogP contribution is -2.48. The Morgan fingerprint density at radius 1 is 1.07 bits per heavy atom. The van der Waals surface area contributed by atoms with E-state index >= 15 is 0 Å². The third kappa shape index (κ3) is 2.63. The number of rotatable bonds is 2. The van der Waals surface area contributed by atoms with Crippen molar-refractivity contribution in [2.75, 3.05) is 26.2 Å². The quantitative estimate of drug-likeness (QED) is 0.683. The minimum Gasteiger partial charge on any atom is -0.369 e. The summed E-state index contributed by atoms with van der Waals surface area (Å²) in [4.78, 5) is 5.08. The fraction of sp³-hybridized carbons (Fsp3) is 0.692. The largest absolute Gasteiger partial charge is 0.369 e. The Bertz CT molecular complexity index is 258. The fourth-order valence-corrected chi connectivity index (χ4v) is 2.33. The molecule has 84 valence electrons. The molecule has 0 saturated carbocycles. The average molecular weight is 206 g/mol. The zero-order valence-electron chi connectivity index (χ0n) is 9.95. The maximum Gasteiger partial charge on any atom is 0.0323 e. The van der Waals surface area contributed by atoms with Gasteiger partial charge in [-0.2, -0.15) is 0 Å². The zero-order valence-corrected chi connectivity index (χ0v) is 9.95. The van der Waals surface area contributed by atoms with Crippen LogP contribution in [-0.4, -0.2) is 42.0 Å². The molecule has 1 aliphatic carbocycles. The number of allylic oxidation sites excluding steroid dienone is 3. The van der Waals surface area contributed by atoms with Crippen LogP contribution in [0.15, 0.2) is 23.9 Å². The molecule has 1 heterocycles. The first-order chi connectivity index (χ1) is 7.27. The second-order valence-electron chi connectivity index (χ2n) is 4.73. The van der Waals surface area contributed by atoms with Crippen molar-refractivity contribution in [1.29, 1.82) is 0 Å². The standard InChI is InChI=1S/C13H22N2/c1-12(2)14-8-10-15(11-9-14)13-6-4-3-5-7-13/h4,6-7,12H,3,5,8-11H2,1-2H3. The first-order valence-corrected chi connectivity index (χ1v) is 6.13. The van der Waals surface area contributed by atoms with Gasteiger partial charge in [0.2, 0.25) is 0 Å². The van der Waals surface area contributed by atoms with E-state index < -0.39 is 0 Å². The van der Waals surface area contributed by atoms with Gasteiger partial charge in [0.15, 0.2) is 0 Å². The van der Waals surface area contributed by atoms with Gasteiger partial charge in [0.05, 0.1) is 0 Å². The highest BCUT2D eigenvalue weighted by atomic mass is 15.3. The fourth-order valence-electron chi connectivity index (χ4n) is 2.33. The molecular weight excluding hydrogens is 184 g/mol. The maximum absolute atomic E-state index is 2.56. The van der Waals surface area contributed by atoms with Crippen molar-refractivity contribution < 1.29 is 0 Å². The topological polar surface area (TPSA) is 6.48 Å². The van der Waals surface area contributed by atoms with Gasteiger partial charge in [0.25, 0.3) is 0 Å². The first-order valence-electron chi connectivity index (χ1n) is 6.13.